The number of hydrogen-bond acceptors (Lipinski definition) is 9. The highest BCUT2D eigenvalue weighted by Gasteiger charge is 2.44. The number of carbonyl (C=O) groups is 2. The average molecular weight is 929 g/mol. The van der Waals surface area contributed by atoms with Gasteiger partial charge in [-0.15, -0.1) is 0 Å². The number of Topliss-reactive ketones (excluding diaryl/α,β-unsaturated/α-hetero) is 2. The third kappa shape index (κ3) is 9.81. The number of benzene rings is 3. The first kappa shape index (κ1) is 46.4. The number of aromatic nitrogens is 2. The molecule has 8 N–H and O–H groups in total. The van der Waals surface area contributed by atoms with E-state index in [9.17, 15) is 25.2 Å². The van der Waals surface area contributed by atoms with Crippen molar-refractivity contribution in [1.82, 2.24) is 15.3 Å². The Kier molecular flexibility index (Phi) is 13.7. The molecule has 1 fully saturated rings. The number of anilines is 1. The van der Waals surface area contributed by atoms with E-state index in [1.165, 1.54) is 0 Å². The zero-order valence-corrected chi connectivity index (χ0v) is 39.4. The summed E-state index contributed by atoms with van der Waals surface area (Å²) in [5.41, 5.74) is 9.98. The molecule has 3 aliphatic carbocycles. The van der Waals surface area contributed by atoms with Crippen LogP contribution in [0.1, 0.15) is 113 Å². The van der Waals surface area contributed by atoms with Crippen molar-refractivity contribution >= 4 is 29.5 Å². The van der Waals surface area contributed by atoms with Crippen molar-refractivity contribution in [2.24, 2.45) is 23.7 Å². The topological polar surface area (TPSA) is 180 Å². The second-order valence-corrected chi connectivity index (χ2v) is 20.0. The highest BCUT2D eigenvalue weighted by molar-refractivity contribution is 6.05. The molecule has 5 aromatic rings. The zero-order valence-electron chi connectivity index (χ0n) is 39.4. The number of aromatic hydroxyl groups is 2. The number of H-pyrrole nitrogens is 2. The van der Waals surface area contributed by atoms with Crippen molar-refractivity contribution in [2.75, 3.05) is 25.5 Å². The smallest absolute Gasteiger partial charge is 0.161 e. The number of ketones is 2. The van der Waals surface area contributed by atoms with Crippen LogP contribution < -0.4 is 15.4 Å². The van der Waals surface area contributed by atoms with E-state index in [0.717, 1.165) is 100 Å². The lowest BCUT2D eigenvalue weighted by atomic mass is 9.66. The lowest BCUT2D eigenvalue weighted by Crippen LogP contribution is -2.41. The van der Waals surface area contributed by atoms with E-state index in [4.69, 9.17) is 4.74 Å². The quantitative estimate of drug-likeness (QED) is 0.0561. The van der Waals surface area contributed by atoms with Crippen LogP contribution >= 0.6 is 0 Å². The van der Waals surface area contributed by atoms with Crippen LogP contribution in [0.4, 0.5) is 5.82 Å². The number of aliphatic hydroxyl groups is 2. The van der Waals surface area contributed by atoms with Gasteiger partial charge >= 0.3 is 0 Å². The SMILES string of the molecule is CNCC1C#CC2Nc3[nH]ccc3Cc3cc(ccc3CC1O)Cc1cc(cc(OC3CCCC3)c1O)CCC(=O)C(CCO)C(=O)C1C2=Cc2[nH]ccc2C1CC1C=Cc2c(O)cccc2CC1. The van der Waals surface area contributed by atoms with Crippen molar-refractivity contribution in [3.8, 4) is 29.1 Å². The van der Waals surface area contributed by atoms with Crippen molar-refractivity contribution in [3.05, 3.63) is 140 Å². The van der Waals surface area contributed by atoms with Gasteiger partial charge in [0.15, 0.2) is 17.3 Å². The van der Waals surface area contributed by atoms with Crippen LogP contribution in [-0.2, 0) is 41.7 Å². The summed E-state index contributed by atoms with van der Waals surface area (Å²) < 4.78 is 6.51. The number of carbonyl (C=O) groups excluding carboxylic acids is 2. The van der Waals surface area contributed by atoms with Gasteiger partial charge in [-0.3, -0.25) is 9.59 Å². The minimum Gasteiger partial charge on any atom is -0.507 e. The van der Waals surface area contributed by atoms with Gasteiger partial charge in [0.05, 0.1) is 24.0 Å². The fraction of sp³-hybridized carbons (Fsp3) is 0.414. The van der Waals surface area contributed by atoms with E-state index in [1.54, 1.807) is 6.07 Å². The number of nitrogens with one attached hydrogen (secondary N) is 4. The summed E-state index contributed by atoms with van der Waals surface area (Å²) in [6.07, 6.45) is 16.9. The molecule has 11 nitrogen and oxygen atoms in total. The molecule has 5 aliphatic rings. The Bertz CT molecular complexity index is 2840. The van der Waals surface area contributed by atoms with Crippen molar-refractivity contribution in [3.63, 3.8) is 0 Å². The minimum atomic E-state index is -1.11. The van der Waals surface area contributed by atoms with Crippen LogP contribution in [0.2, 0.25) is 0 Å². The van der Waals surface area contributed by atoms with Gasteiger partial charge in [0.1, 0.15) is 23.4 Å². The standard InChI is InChI=1S/C58H64N4O7/c1-59-33-40-15-17-49-48-32-50-45(20-23-60-50)47(28-34-9-13-37-5-4-8-51(64)44(37)16-11-34)55(48)57(68)46(21-24-63)52(65)18-12-36-27-42(56(67)54(29-36)69-43-6-2-3-7-43)26-35-10-14-38(31-53(40)66)41(25-35)30-39-19-22-61-58(39)62-49/h4-5,8,10-11,14,16,19-20,22-23,25,27,29,32,34,40,43,46-47,49,53,55,59-64,66-67H,2-3,6-7,9,12-13,18,21,24,26,28,30-31,33H2,1H3. The van der Waals surface area contributed by atoms with Gasteiger partial charge in [0.2, 0.25) is 0 Å². The van der Waals surface area contributed by atoms with Crippen LogP contribution in [0.5, 0.6) is 17.2 Å². The van der Waals surface area contributed by atoms with Gasteiger partial charge in [0.25, 0.3) is 0 Å². The van der Waals surface area contributed by atoms with E-state index in [2.05, 4.69) is 62.8 Å². The second kappa shape index (κ2) is 20.3. The van der Waals surface area contributed by atoms with Crippen LogP contribution in [0.25, 0.3) is 12.2 Å². The number of fused-ring (bicyclic) bond motifs is 8. The first-order valence-corrected chi connectivity index (χ1v) is 25.1. The van der Waals surface area contributed by atoms with Crippen LogP contribution in [0, 0.1) is 35.5 Å². The summed E-state index contributed by atoms with van der Waals surface area (Å²) in [5.74, 6) is 5.28. The predicted octanol–water partition coefficient (Wildman–Crippen LogP) is 8.34. The molecule has 10 rings (SSSR count). The molecule has 0 radical (unpaired) electrons. The third-order valence-corrected chi connectivity index (χ3v) is 15.5. The maximum atomic E-state index is 15.9. The number of ether oxygens (including phenoxy) is 1. The molecule has 2 aromatic heterocycles. The molecule has 7 unspecified atom stereocenters. The van der Waals surface area contributed by atoms with E-state index < -0.39 is 29.9 Å². The molecule has 0 amide bonds. The van der Waals surface area contributed by atoms with E-state index in [-0.39, 0.29) is 60.5 Å². The summed E-state index contributed by atoms with van der Waals surface area (Å²) in [6, 6.07) is 19.2. The highest BCUT2D eigenvalue weighted by Crippen LogP contribution is 2.47. The van der Waals surface area contributed by atoms with Gasteiger partial charge in [-0.05, 0) is 152 Å². The van der Waals surface area contributed by atoms with Crippen molar-refractivity contribution < 1.29 is 34.8 Å². The monoisotopic (exact) mass is 928 g/mol. The Balaban J connectivity index is 1.14. The molecule has 358 valence electrons. The Morgan fingerprint density at radius 1 is 0.841 bits per heavy atom. The summed E-state index contributed by atoms with van der Waals surface area (Å²) in [4.78, 5) is 37.8. The Hall–Kier alpha value is -6.32. The first-order chi connectivity index (χ1) is 33.6. The van der Waals surface area contributed by atoms with E-state index in [0.29, 0.717) is 50.0 Å². The first-order valence-electron chi connectivity index (χ1n) is 25.1. The van der Waals surface area contributed by atoms with E-state index >= 15 is 4.79 Å². The number of aromatic amines is 2. The summed E-state index contributed by atoms with van der Waals surface area (Å²) in [6.45, 7) is 0.0774. The lowest BCUT2D eigenvalue weighted by molar-refractivity contribution is -0.135. The average Bonchev–Trinajstić information content (AvgIpc) is 4.11. The van der Waals surface area contributed by atoms with Crippen molar-refractivity contribution in [2.45, 2.75) is 108 Å². The summed E-state index contributed by atoms with van der Waals surface area (Å²) in [5, 5.41) is 52.5. The summed E-state index contributed by atoms with van der Waals surface area (Å²) >= 11 is 0. The maximum absolute atomic E-state index is 15.9. The number of phenolic OH excluding ortho intramolecular Hbond substituents is 2. The molecule has 7 atom stereocenters. The van der Waals surface area contributed by atoms with Gasteiger partial charge in [0, 0.05) is 73.5 Å². The number of allylic oxidation sites excluding steroid dienone is 1. The number of hydrogen-bond donors (Lipinski definition) is 8. The van der Waals surface area contributed by atoms with Crippen LogP contribution in [0.15, 0.2) is 84.7 Å². The molecular formula is C58H64N4O7. The predicted molar refractivity (Wildman–Crippen MR) is 268 cm³/mol. The number of phenols is 2. The van der Waals surface area contributed by atoms with Gasteiger partial charge in [-0.2, -0.15) is 0 Å². The summed E-state index contributed by atoms with van der Waals surface area (Å²) in [7, 11) is 1.85. The third-order valence-electron chi connectivity index (χ3n) is 15.5. The molecule has 69 heavy (non-hydrogen) atoms. The van der Waals surface area contributed by atoms with Gasteiger partial charge in [-0.1, -0.05) is 60.4 Å². The van der Waals surface area contributed by atoms with Gasteiger partial charge in [-0.25, -0.2) is 0 Å². The number of aryl methyl sites for hydroxylation is 2. The van der Waals surface area contributed by atoms with Crippen LogP contribution in [-0.4, -0.2) is 80.4 Å². The molecule has 0 spiro atoms. The number of aliphatic hydroxyl groups excluding tert-OH is 2. The number of rotatable bonds is 8. The molecular weight excluding hydrogens is 865 g/mol. The largest absolute Gasteiger partial charge is 0.507 e. The molecule has 4 heterocycles. The highest BCUT2D eigenvalue weighted by atomic mass is 16.5. The molecule has 3 aromatic carbocycles. The Morgan fingerprint density at radius 3 is 2.52 bits per heavy atom. The molecule has 11 heteroatoms. The van der Waals surface area contributed by atoms with Crippen molar-refractivity contribution in [1.29, 1.82) is 0 Å². The molecule has 1 saturated carbocycles. The molecule has 0 saturated heterocycles. The fourth-order valence-electron chi connectivity index (χ4n) is 11.8. The normalized spacial score (nSPS) is 24.8. The minimum absolute atomic E-state index is 0.00695. The molecule has 5 bridgehead atoms. The fourth-order valence-corrected chi connectivity index (χ4v) is 11.8. The van der Waals surface area contributed by atoms with Gasteiger partial charge < -0.3 is 45.8 Å². The lowest BCUT2D eigenvalue weighted by Gasteiger charge is -2.37. The Labute approximate surface area is 404 Å². The van der Waals surface area contributed by atoms with Crippen LogP contribution in [0.3, 0.4) is 0 Å². The second-order valence-electron chi connectivity index (χ2n) is 20.0. The molecule has 2 aliphatic heterocycles. The zero-order chi connectivity index (χ0) is 47.6. The Morgan fingerprint density at radius 2 is 1.68 bits per heavy atom. The van der Waals surface area contributed by atoms with E-state index in [1.807, 2.05) is 61.9 Å². The maximum Gasteiger partial charge on any atom is 0.161 e.